The quantitative estimate of drug-likeness (QED) is 0.671. The number of fused-ring (bicyclic) bond motifs is 1. The number of hydrogen-bond donors (Lipinski definition) is 1. The fourth-order valence-corrected chi connectivity index (χ4v) is 6.81. The molecule has 0 radical (unpaired) electrons. The summed E-state index contributed by atoms with van der Waals surface area (Å²) in [4.78, 5) is 2.99. The standard InChI is InChI=1S/C24H32N2O3S/c1-17-14-19-4-6-22-24(19)20(15-17)8-12-26(22)11-3-2-10-25-30(27,28)21-5-7-23-18(16-21)9-13-29-23/h5,7,14,16-17,22,25H,2-4,6,8-13,15H2,1H3. The van der Waals surface area contributed by atoms with Gasteiger partial charge in [0, 0.05) is 25.6 Å². The predicted molar refractivity (Wildman–Crippen MR) is 118 cm³/mol. The first-order valence-electron chi connectivity index (χ1n) is 11.4. The topological polar surface area (TPSA) is 58.6 Å². The van der Waals surface area contributed by atoms with Crippen LogP contribution in [0.2, 0.25) is 0 Å². The van der Waals surface area contributed by atoms with E-state index in [-0.39, 0.29) is 0 Å². The van der Waals surface area contributed by atoms with E-state index in [2.05, 4.69) is 22.6 Å². The highest BCUT2D eigenvalue weighted by molar-refractivity contribution is 7.89. The summed E-state index contributed by atoms with van der Waals surface area (Å²) >= 11 is 0. The molecule has 1 fully saturated rings. The van der Waals surface area contributed by atoms with Crippen LogP contribution in [0.5, 0.6) is 5.75 Å². The fourth-order valence-electron chi connectivity index (χ4n) is 5.69. The van der Waals surface area contributed by atoms with Crippen molar-refractivity contribution in [2.45, 2.75) is 62.8 Å². The molecule has 5 rings (SSSR count). The zero-order valence-corrected chi connectivity index (χ0v) is 18.6. The van der Waals surface area contributed by atoms with Crippen molar-refractivity contribution >= 4 is 10.0 Å². The van der Waals surface area contributed by atoms with Gasteiger partial charge in [-0.05, 0) is 85.9 Å². The van der Waals surface area contributed by atoms with Crippen molar-refractivity contribution in [2.24, 2.45) is 5.92 Å². The molecule has 0 aromatic heterocycles. The van der Waals surface area contributed by atoms with E-state index < -0.39 is 10.0 Å². The summed E-state index contributed by atoms with van der Waals surface area (Å²) in [6.45, 7) is 5.69. The number of hydrogen-bond acceptors (Lipinski definition) is 4. The van der Waals surface area contributed by atoms with Crippen LogP contribution in [0.25, 0.3) is 0 Å². The lowest BCUT2D eigenvalue weighted by Gasteiger charge is -2.38. The Kier molecular flexibility index (Phi) is 5.50. The normalized spacial score (nSPS) is 25.7. The Morgan fingerprint density at radius 2 is 2.10 bits per heavy atom. The predicted octanol–water partition coefficient (Wildman–Crippen LogP) is 3.81. The van der Waals surface area contributed by atoms with Crippen molar-refractivity contribution in [1.29, 1.82) is 0 Å². The number of ether oxygens (including phenoxy) is 1. The van der Waals surface area contributed by atoms with Crippen LogP contribution < -0.4 is 9.46 Å². The molecule has 2 aliphatic heterocycles. The van der Waals surface area contributed by atoms with Crippen LogP contribution in [0.3, 0.4) is 0 Å². The minimum Gasteiger partial charge on any atom is -0.493 e. The van der Waals surface area contributed by atoms with Gasteiger partial charge < -0.3 is 4.74 Å². The fraction of sp³-hybridized carbons (Fsp3) is 0.583. The van der Waals surface area contributed by atoms with Crippen LogP contribution in [0.1, 0.15) is 51.0 Å². The summed E-state index contributed by atoms with van der Waals surface area (Å²) in [6, 6.07) is 5.77. The molecule has 0 saturated heterocycles. The van der Waals surface area contributed by atoms with Crippen LogP contribution in [-0.2, 0) is 16.4 Å². The Morgan fingerprint density at radius 1 is 1.20 bits per heavy atom. The molecule has 2 heterocycles. The molecule has 30 heavy (non-hydrogen) atoms. The molecular formula is C24H32N2O3S. The van der Waals surface area contributed by atoms with Gasteiger partial charge >= 0.3 is 0 Å². The smallest absolute Gasteiger partial charge is 0.240 e. The summed E-state index contributed by atoms with van der Waals surface area (Å²) in [6.07, 6.45) is 10.1. The van der Waals surface area contributed by atoms with Gasteiger partial charge in [0.25, 0.3) is 0 Å². The maximum Gasteiger partial charge on any atom is 0.240 e. The maximum absolute atomic E-state index is 12.6. The average Bonchev–Trinajstić information content (AvgIpc) is 3.36. The number of unbranched alkanes of at least 4 members (excludes halogenated alkanes) is 1. The largest absolute Gasteiger partial charge is 0.493 e. The summed E-state index contributed by atoms with van der Waals surface area (Å²) in [5, 5.41) is 0. The van der Waals surface area contributed by atoms with Crippen molar-refractivity contribution < 1.29 is 13.2 Å². The van der Waals surface area contributed by atoms with Crippen molar-refractivity contribution in [1.82, 2.24) is 9.62 Å². The molecule has 4 aliphatic rings. The van der Waals surface area contributed by atoms with Crippen LogP contribution in [0.15, 0.2) is 45.9 Å². The summed E-state index contributed by atoms with van der Waals surface area (Å²) in [7, 11) is -3.45. The SMILES string of the molecule is CC1C=C2CCC3C2=C(CCN3CCCCNS(=O)(=O)c2ccc3c(c2)CCO3)C1. The van der Waals surface area contributed by atoms with Gasteiger partial charge in [-0.1, -0.05) is 18.6 Å². The Balaban J connectivity index is 1.11. The third-order valence-corrected chi connectivity index (χ3v) is 8.54. The second-order valence-corrected chi connectivity index (χ2v) is 11.0. The van der Waals surface area contributed by atoms with Gasteiger partial charge in [-0.15, -0.1) is 0 Å². The Bertz CT molecular complexity index is 996. The molecule has 0 spiro atoms. The van der Waals surface area contributed by atoms with E-state index in [9.17, 15) is 8.42 Å². The molecule has 2 atom stereocenters. The second kappa shape index (κ2) is 8.13. The molecule has 1 aromatic rings. The van der Waals surface area contributed by atoms with E-state index in [4.69, 9.17) is 4.74 Å². The third kappa shape index (κ3) is 3.85. The van der Waals surface area contributed by atoms with Gasteiger partial charge in [0.15, 0.2) is 0 Å². The van der Waals surface area contributed by atoms with E-state index in [1.54, 1.807) is 34.9 Å². The zero-order chi connectivity index (χ0) is 20.7. The minimum absolute atomic E-state index is 0.346. The highest BCUT2D eigenvalue weighted by Gasteiger charge is 2.37. The highest BCUT2D eigenvalue weighted by Crippen LogP contribution is 2.45. The van der Waals surface area contributed by atoms with Gasteiger partial charge in [-0.3, -0.25) is 4.90 Å². The molecule has 0 bridgehead atoms. The van der Waals surface area contributed by atoms with Crippen molar-refractivity contribution in [3.8, 4) is 5.75 Å². The number of rotatable bonds is 7. The molecule has 5 nitrogen and oxygen atoms in total. The summed E-state index contributed by atoms with van der Waals surface area (Å²) in [5.41, 5.74) is 5.98. The first-order valence-corrected chi connectivity index (χ1v) is 12.9. The molecule has 162 valence electrons. The zero-order valence-electron chi connectivity index (χ0n) is 17.8. The van der Waals surface area contributed by atoms with Gasteiger partial charge in [-0.25, -0.2) is 13.1 Å². The first kappa shape index (κ1) is 20.3. The maximum atomic E-state index is 12.6. The molecular weight excluding hydrogens is 396 g/mol. The number of nitrogens with zero attached hydrogens (tertiary/aromatic N) is 1. The van der Waals surface area contributed by atoms with E-state index in [1.165, 1.54) is 25.7 Å². The first-order chi connectivity index (χ1) is 14.5. The van der Waals surface area contributed by atoms with Crippen molar-refractivity contribution in [3.63, 3.8) is 0 Å². The van der Waals surface area contributed by atoms with Crippen LogP contribution in [0.4, 0.5) is 0 Å². The van der Waals surface area contributed by atoms with E-state index in [0.29, 0.717) is 30.0 Å². The summed E-state index contributed by atoms with van der Waals surface area (Å²) < 4.78 is 33.5. The highest BCUT2D eigenvalue weighted by atomic mass is 32.2. The lowest BCUT2D eigenvalue weighted by Crippen LogP contribution is -2.40. The third-order valence-electron chi connectivity index (χ3n) is 7.08. The van der Waals surface area contributed by atoms with Crippen molar-refractivity contribution in [3.05, 3.63) is 46.6 Å². The van der Waals surface area contributed by atoms with Gasteiger partial charge in [-0.2, -0.15) is 0 Å². The monoisotopic (exact) mass is 428 g/mol. The molecule has 0 amide bonds. The molecule has 6 heteroatoms. The van der Waals surface area contributed by atoms with Crippen LogP contribution in [-0.4, -0.2) is 45.6 Å². The molecule has 2 unspecified atom stereocenters. The Morgan fingerprint density at radius 3 is 3.00 bits per heavy atom. The Labute approximate surface area is 180 Å². The average molecular weight is 429 g/mol. The number of benzene rings is 1. The second-order valence-electron chi connectivity index (χ2n) is 9.20. The lowest BCUT2D eigenvalue weighted by atomic mass is 9.82. The number of nitrogens with one attached hydrogen (secondary N) is 1. The van der Waals surface area contributed by atoms with Gasteiger partial charge in [0.2, 0.25) is 10.0 Å². The summed E-state index contributed by atoms with van der Waals surface area (Å²) in [5.74, 6) is 1.52. The van der Waals surface area contributed by atoms with Crippen LogP contribution in [0, 0.1) is 5.92 Å². The van der Waals surface area contributed by atoms with Crippen LogP contribution >= 0.6 is 0 Å². The van der Waals surface area contributed by atoms with Gasteiger partial charge in [0.1, 0.15) is 5.75 Å². The van der Waals surface area contributed by atoms with E-state index >= 15 is 0 Å². The van der Waals surface area contributed by atoms with Crippen molar-refractivity contribution in [2.75, 3.05) is 26.2 Å². The molecule has 1 saturated carbocycles. The van der Waals surface area contributed by atoms with E-state index in [1.807, 2.05) is 0 Å². The lowest BCUT2D eigenvalue weighted by molar-refractivity contribution is 0.207. The van der Waals surface area contributed by atoms with Gasteiger partial charge in [0.05, 0.1) is 11.5 Å². The minimum atomic E-state index is -3.45. The molecule has 1 aromatic carbocycles. The number of allylic oxidation sites excluding steroid dienone is 1. The number of sulfonamides is 1. The van der Waals surface area contributed by atoms with E-state index in [0.717, 1.165) is 43.7 Å². The molecule has 2 aliphatic carbocycles. The Hall–Kier alpha value is -1.63. The molecule has 1 N–H and O–H groups in total.